The fourth-order valence-electron chi connectivity index (χ4n) is 1.58. The van der Waals surface area contributed by atoms with E-state index in [9.17, 15) is 22.8 Å². The van der Waals surface area contributed by atoms with E-state index in [1.165, 1.54) is 13.8 Å². The van der Waals surface area contributed by atoms with Gasteiger partial charge in [0.15, 0.2) is 0 Å². The summed E-state index contributed by atoms with van der Waals surface area (Å²) in [6, 6.07) is -2.87. The number of carbonyl (C=O) groups excluding carboxylic acids is 1. The first kappa shape index (κ1) is 18.5. The number of rotatable bonds is 7. The van der Waals surface area contributed by atoms with E-state index in [1.54, 1.807) is 0 Å². The van der Waals surface area contributed by atoms with Crippen LogP contribution in [0.4, 0.5) is 18.0 Å². The number of unbranched alkanes of at least 4 members (excludes halogenated alkanes) is 1. The van der Waals surface area contributed by atoms with Gasteiger partial charge in [0.2, 0.25) is 0 Å². The Balaban J connectivity index is 4.76. The zero-order valence-electron chi connectivity index (χ0n) is 11.8. The van der Waals surface area contributed by atoms with Gasteiger partial charge in [-0.15, -0.1) is 0 Å². The van der Waals surface area contributed by atoms with Gasteiger partial charge in [0.1, 0.15) is 12.6 Å². The number of carbonyl (C=O) groups is 2. The van der Waals surface area contributed by atoms with Gasteiger partial charge in [0.05, 0.1) is 0 Å². The molecular formula is C12H21F3N2O3. The second-order valence-electron chi connectivity index (χ2n) is 4.82. The summed E-state index contributed by atoms with van der Waals surface area (Å²) in [7, 11) is 0. The number of carboxylic acids is 1. The molecule has 8 heteroatoms. The first-order chi connectivity index (χ1) is 9.08. The molecule has 0 aromatic rings. The molecule has 0 radical (unpaired) electrons. The smallest absolute Gasteiger partial charge is 0.406 e. The molecule has 0 aliphatic rings. The van der Waals surface area contributed by atoms with Crippen molar-refractivity contribution in [3.63, 3.8) is 0 Å². The Morgan fingerprint density at radius 3 is 2.20 bits per heavy atom. The molecule has 0 saturated carbocycles. The molecule has 0 heterocycles. The van der Waals surface area contributed by atoms with Crippen LogP contribution in [0.2, 0.25) is 0 Å². The number of alkyl halides is 3. The Labute approximate surface area is 116 Å². The van der Waals surface area contributed by atoms with E-state index in [0.717, 1.165) is 6.42 Å². The lowest BCUT2D eigenvalue weighted by Gasteiger charge is -2.29. The minimum absolute atomic E-state index is 0.190. The van der Waals surface area contributed by atoms with Gasteiger partial charge in [-0.1, -0.05) is 19.8 Å². The van der Waals surface area contributed by atoms with E-state index in [2.05, 4.69) is 5.32 Å². The number of hydrogen-bond donors (Lipinski definition) is 2. The number of nitrogens with one attached hydrogen (secondary N) is 1. The highest BCUT2D eigenvalue weighted by Gasteiger charge is 2.35. The van der Waals surface area contributed by atoms with Crippen LogP contribution in [0.25, 0.3) is 0 Å². The standard InChI is InChI=1S/C12H21F3N2O3/c1-4-5-6-9(10(18)19)16-11(20)17(8(2)3)7-12(13,14)15/h8-9H,4-7H2,1-3H3,(H,16,20)(H,18,19). The summed E-state index contributed by atoms with van der Waals surface area (Å²) >= 11 is 0. The molecule has 2 amide bonds. The normalized spacial score (nSPS) is 13.2. The molecule has 5 nitrogen and oxygen atoms in total. The molecule has 0 aliphatic carbocycles. The molecular weight excluding hydrogens is 277 g/mol. The lowest BCUT2D eigenvalue weighted by atomic mass is 10.1. The second-order valence-corrected chi connectivity index (χ2v) is 4.82. The van der Waals surface area contributed by atoms with Crippen molar-refractivity contribution in [2.45, 2.75) is 58.3 Å². The van der Waals surface area contributed by atoms with Crippen LogP contribution >= 0.6 is 0 Å². The molecule has 0 aliphatic heterocycles. The van der Waals surface area contributed by atoms with Crippen molar-refractivity contribution >= 4 is 12.0 Å². The van der Waals surface area contributed by atoms with Gasteiger partial charge >= 0.3 is 18.2 Å². The number of halogens is 3. The summed E-state index contributed by atoms with van der Waals surface area (Å²) in [5.41, 5.74) is 0. The summed E-state index contributed by atoms with van der Waals surface area (Å²) < 4.78 is 37.2. The minimum Gasteiger partial charge on any atom is -0.480 e. The summed E-state index contributed by atoms with van der Waals surface area (Å²) in [6.45, 7) is 3.32. The van der Waals surface area contributed by atoms with E-state index < -0.39 is 36.8 Å². The van der Waals surface area contributed by atoms with Gasteiger partial charge < -0.3 is 15.3 Å². The average molecular weight is 298 g/mol. The number of aliphatic carboxylic acids is 1. The van der Waals surface area contributed by atoms with Gasteiger partial charge in [-0.3, -0.25) is 0 Å². The van der Waals surface area contributed by atoms with Crippen LogP contribution < -0.4 is 5.32 Å². The molecule has 0 bridgehead atoms. The Hall–Kier alpha value is -1.47. The van der Waals surface area contributed by atoms with Crippen LogP contribution in [0.1, 0.15) is 40.0 Å². The quantitative estimate of drug-likeness (QED) is 0.759. The van der Waals surface area contributed by atoms with Crippen molar-refractivity contribution in [3.8, 4) is 0 Å². The van der Waals surface area contributed by atoms with E-state index in [-0.39, 0.29) is 6.42 Å². The molecule has 0 saturated heterocycles. The average Bonchev–Trinajstić information content (AvgIpc) is 2.29. The second kappa shape index (κ2) is 7.96. The predicted octanol–water partition coefficient (Wildman–Crippen LogP) is 2.61. The molecule has 118 valence electrons. The van der Waals surface area contributed by atoms with Crippen molar-refractivity contribution in [3.05, 3.63) is 0 Å². The Morgan fingerprint density at radius 2 is 1.85 bits per heavy atom. The SMILES string of the molecule is CCCCC(NC(=O)N(CC(F)(F)F)C(C)C)C(=O)O. The summed E-state index contributed by atoms with van der Waals surface area (Å²) in [6.07, 6.45) is -3.03. The third-order valence-corrected chi connectivity index (χ3v) is 2.68. The maximum atomic E-state index is 12.4. The van der Waals surface area contributed by atoms with E-state index in [1.807, 2.05) is 6.92 Å². The van der Waals surface area contributed by atoms with E-state index >= 15 is 0 Å². The van der Waals surface area contributed by atoms with Crippen molar-refractivity contribution in [1.29, 1.82) is 0 Å². The molecule has 0 spiro atoms. The first-order valence-electron chi connectivity index (χ1n) is 6.45. The molecule has 20 heavy (non-hydrogen) atoms. The van der Waals surface area contributed by atoms with Crippen LogP contribution in [0, 0.1) is 0 Å². The fraction of sp³-hybridized carbons (Fsp3) is 0.833. The molecule has 2 N–H and O–H groups in total. The number of hydrogen-bond acceptors (Lipinski definition) is 2. The predicted molar refractivity (Wildman–Crippen MR) is 67.4 cm³/mol. The van der Waals surface area contributed by atoms with Crippen molar-refractivity contribution in [2.24, 2.45) is 0 Å². The highest BCUT2D eigenvalue weighted by atomic mass is 19.4. The lowest BCUT2D eigenvalue weighted by Crippen LogP contribution is -2.52. The van der Waals surface area contributed by atoms with Gasteiger partial charge in [-0.25, -0.2) is 9.59 Å². The number of amides is 2. The molecule has 0 rings (SSSR count). The number of carboxylic acid groups (broad SMARTS) is 1. The van der Waals surface area contributed by atoms with Gasteiger partial charge in [0, 0.05) is 6.04 Å². The van der Waals surface area contributed by atoms with Crippen LogP contribution in [0.15, 0.2) is 0 Å². The van der Waals surface area contributed by atoms with Crippen LogP contribution in [-0.2, 0) is 4.79 Å². The number of nitrogens with zero attached hydrogens (tertiary/aromatic N) is 1. The van der Waals surface area contributed by atoms with E-state index in [4.69, 9.17) is 5.11 Å². The minimum atomic E-state index is -4.52. The third kappa shape index (κ3) is 7.20. The molecule has 1 atom stereocenters. The topological polar surface area (TPSA) is 69.6 Å². The van der Waals surface area contributed by atoms with Crippen molar-refractivity contribution in [2.75, 3.05) is 6.54 Å². The van der Waals surface area contributed by atoms with Gasteiger partial charge in [0.25, 0.3) is 0 Å². The highest BCUT2D eigenvalue weighted by Crippen LogP contribution is 2.18. The van der Waals surface area contributed by atoms with Crippen LogP contribution in [-0.4, -0.2) is 46.8 Å². The summed E-state index contributed by atoms with van der Waals surface area (Å²) in [5.74, 6) is -1.25. The van der Waals surface area contributed by atoms with E-state index in [0.29, 0.717) is 11.3 Å². The van der Waals surface area contributed by atoms with Crippen LogP contribution in [0.3, 0.4) is 0 Å². The monoisotopic (exact) mass is 298 g/mol. The maximum Gasteiger partial charge on any atom is 0.406 e. The molecule has 0 aromatic heterocycles. The first-order valence-corrected chi connectivity index (χ1v) is 6.45. The summed E-state index contributed by atoms with van der Waals surface area (Å²) in [4.78, 5) is 23.3. The van der Waals surface area contributed by atoms with Gasteiger partial charge in [-0.05, 0) is 20.3 Å². The zero-order valence-corrected chi connectivity index (χ0v) is 11.8. The Kier molecular flexibility index (Phi) is 7.38. The summed E-state index contributed by atoms with van der Waals surface area (Å²) in [5, 5.41) is 11.1. The number of urea groups is 1. The Bertz CT molecular complexity index is 332. The highest BCUT2D eigenvalue weighted by molar-refractivity contribution is 5.82. The third-order valence-electron chi connectivity index (χ3n) is 2.68. The molecule has 0 aromatic carbocycles. The van der Waals surface area contributed by atoms with Gasteiger partial charge in [-0.2, -0.15) is 13.2 Å². The van der Waals surface area contributed by atoms with Crippen LogP contribution in [0.5, 0.6) is 0 Å². The fourth-order valence-corrected chi connectivity index (χ4v) is 1.58. The van der Waals surface area contributed by atoms with Crippen molar-refractivity contribution < 1.29 is 27.9 Å². The molecule has 0 fully saturated rings. The zero-order chi connectivity index (χ0) is 15.9. The lowest BCUT2D eigenvalue weighted by molar-refractivity contribution is -0.143. The Morgan fingerprint density at radius 1 is 1.30 bits per heavy atom. The van der Waals surface area contributed by atoms with Crippen molar-refractivity contribution in [1.82, 2.24) is 10.2 Å². The maximum absolute atomic E-state index is 12.4. The molecule has 1 unspecified atom stereocenters. The largest absolute Gasteiger partial charge is 0.480 e.